The lowest BCUT2D eigenvalue weighted by Gasteiger charge is -1.99. The third-order valence-electron chi connectivity index (χ3n) is 2.70. The predicted molar refractivity (Wildman–Crippen MR) is 80.7 cm³/mol. The lowest BCUT2D eigenvalue weighted by molar-refractivity contribution is 0.890. The van der Waals surface area contributed by atoms with E-state index in [1.807, 2.05) is 11.3 Å². The molecule has 1 aromatic rings. The van der Waals surface area contributed by atoms with Crippen molar-refractivity contribution >= 4 is 17.4 Å². The van der Waals surface area contributed by atoms with Crippen molar-refractivity contribution in [3.05, 3.63) is 39.1 Å². The summed E-state index contributed by atoms with van der Waals surface area (Å²) in [7, 11) is 0. The fraction of sp³-hybridized carbons (Fsp3) is 0.500. The molecule has 1 rings (SSSR count). The molecule has 1 heteroatoms. The molecule has 0 amide bonds. The maximum absolute atomic E-state index is 2.33. The number of thiophene rings is 1. The lowest BCUT2D eigenvalue weighted by atomic mass is 10.1. The number of hydrogen-bond acceptors (Lipinski definition) is 1. The van der Waals surface area contributed by atoms with E-state index in [9.17, 15) is 0 Å². The molecule has 1 aromatic heterocycles. The average Bonchev–Trinajstić information content (AvgIpc) is 2.65. The molecule has 0 saturated carbocycles. The summed E-state index contributed by atoms with van der Waals surface area (Å²) in [6.07, 6.45) is 6.97. The van der Waals surface area contributed by atoms with Crippen molar-refractivity contribution in [3.8, 4) is 0 Å². The van der Waals surface area contributed by atoms with Crippen LogP contribution in [0.2, 0.25) is 0 Å². The summed E-state index contributed by atoms with van der Waals surface area (Å²) in [5.74, 6) is 0.646. The van der Waals surface area contributed by atoms with Gasteiger partial charge in [0.1, 0.15) is 0 Å². The van der Waals surface area contributed by atoms with Crippen LogP contribution in [-0.2, 0) is 0 Å². The molecule has 0 bridgehead atoms. The van der Waals surface area contributed by atoms with E-state index < -0.39 is 0 Å². The lowest BCUT2D eigenvalue weighted by Crippen LogP contribution is -1.78. The van der Waals surface area contributed by atoms with Crippen LogP contribution in [0.5, 0.6) is 0 Å². The molecular formula is C16H24S. The highest BCUT2D eigenvalue weighted by Crippen LogP contribution is 2.26. The fourth-order valence-electron chi connectivity index (χ4n) is 1.66. The summed E-state index contributed by atoms with van der Waals surface area (Å²) < 4.78 is 0. The number of hydrogen-bond donors (Lipinski definition) is 0. The molecule has 0 N–H and O–H groups in total. The van der Waals surface area contributed by atoms with Gasteiger partial charge >= 0.3 is 0 Å². The molecule has 0 aromatic carbocycles. The van der Waals surface area contributed by atoms with Crippen LogP contribution < -0.4 is 0 Å². The van der Waals surface area contributed by atoms with Crippen LogP contribution in [-0.4, -0.2) is 0 Å². The Hall–Kier alpha value is -0.820. The van der Waals surface area contributed by atoms with Crippen molar-refractivity contribution in [1.29, 1.82) is 0 Å². The largest absolute Gasteiger partial charge is 0.141 e. The van der Waals surface area contributed by atoms with Crippen molar-refractivity contribution < 1.29 is 0 Å². The second-order valence-corrected chi connectivity index (χ2v) is 6.35. The minimum atomic E-state index is 0.646. The molecule has 0 fully saturated rings. The molecule has 1 heterocycles. The Labute approximate surface area is 110 Å². The monoisotopic (exact) mass is 248 g/mol. The summed E-state index contributed by atoms with van der Waals surface area (Å²) in [5, 5.41) is 0. The minimum Gasteiger partial charge on any atom is -0.141 e. The summed E-state index contributed by atoms with van der Waals surface area (Å²) in [5.41, 5.74) is 2.88. The highest BCUT2D eigenvalue weighted by Gasteiger charge is 2.02. The maximum Gasteiger partial charge on any atom is 0.0272 e. The van der Waals surface area contributed by atoms with Gasteiger partial charge in [-0.15, -0.1) is 11.3 Å². The van der Waals surface area contributed by atoms with Crippen LogP contribution in [0, 0.1) is 0 Å². The number of allylic oxidation sites excluding steroid dienone is 3. The first-order valence-corrected chi connectivity index (χ1v) is 7.21. The van der Waals surface area contributed by atoms with Gasteiger partial charge in [0.05, 0.1) is 0 Å². The summed E-state index contributed by atoms with van der Waals surface area (Å²) in [6.45, 7) is 11.1. The zero-order chi connectivity index (χ0) is 12.8. The van der Waals surface area contributed by atoms with Gasteiger partial charge in [0, 0.05) is 9.75 Å². The molecule has 0 spiro atoms. The number of rotatable bonds is 5. The molecule has 0 unspecified atom stereocenters. The van der Waals surface area contributed by atoms with Crippen LogP contribution in [0.1, 0.15) is 63.1 Å². The van der Waals surface area contributed by atoms with E-state index in [1.54, 1.807) is 0 Å². The Kier molecular flexibility index (Phi) is 5.70. The molecular weight excluding hydrogens is 224 g/mol. The van der Waals surface area contributed by atoms with E-state index in [-0.39, 0.29) is 0 Å². The summed E-state index contributed by atoms with van der Waals surface area (Å²) >= 11 is 1.92. The SMILES string of the molecule is CC(C)=CCC/C(C)=C/c1ccc(C(C)C)s1. The van der Waals surface area contributed by atoms with Crippen molar-refractivity contribution in [3.63, 3.8) is 0 Å². The van der Waals surface area contributed by atoms with Crippen molar-refractivity contribution in [2.24, 2.45) is 0 Å². The predicted octanol–water partition coefficient (Wildman–Crippen LogP) is 6.02. The van der Waals surface area contributed by atoms with Crippen LogP contribution in [0.25, 0.3) is 6.08 Å². The second-order valence-electron chi connectivity index (χ2n) is 5.21. The molecule has 17 heavy (non-hydrogen) atoms. The first-order valence-electron chi connectivity index (χ1n) is 6.39. The van der Waals surface area contributed by atoms with Crippen LogP contribution in [0.15, 0.2) is 29.4 Å². The van der Waals surface area contributed by atoms with Gasteiger partial charge in [-0.25, -0.2) is 0 Å². The molecule has 0 aliphatic rings. The molecule has 0 aliphatic carbocycles. The Bertz CT molecular complexity index is 401. The topological polar surface area (TPSA) is 0 Å². The Morgan fingerprint density at radius 1 is 1.24 bits per heavy atom. The zero-order valence-corrected chi connectivity index (χ0v) is 12.5. The van der Waals surface area contributed by atoms with E-state index in [1.165, 1.54) is 27.3 Å². The molecule has 0 nitrogen and oxygen atoms in total. The van der Waals surface area contributed by atoms with Crippen molar-refractivity contribution in [2.45, 2.75) is 53.4 Å². The van der Waals surface area contributed by atoms with Gasteiger partial charge in [-0.3, -0.25) is 0 Å². The summed E-state index contributed by atoms with van der Waals surface area (Å²) in [4.78, 5) is 2.87. The molecule has 0 atom stereocenters. The Morgan fingerprint density at radius 2 is 1.94 bits per heavy atom. The minimum absolute atomic E-state index is 0.646. The van der Waals surface area contributed by atoms with Gasteiger partial charge in [-0.2, -0.15) is 0 Å². The van der Waals surface area contributed by atoms with E-state index in [0.29, 0.717) is 5.92 Å². The van der Waals surface area contributed by atoms with Gasteiger partial charge in [0.2, 0.25) is 0 Å². The van der Waals surface area contributed by atoms with E-state index in [0.717, 1.165) is 6.42 Å². The van der Waals surface area contributed by atoms with E-state index in [4.69, 9.17) is 0 Å². The van der Waals surface area contributed by atoms with E-state index in [2.05, 4.69) is 58.9 Å². The fourth-order valence-corrected chi connectivity index (χ4v) is 2.70. The highest BCUT2D eigenvalue weighted by atomic mass is 32.1. The molecule has 0 saturated heterocycles. The second kappa shape index (κ2) is 6.80. The Balaban J connectivity index is 2.58. The smallest absolute Gasteiger partial charge is 0.0272 e. The highest BCUT2D eigenvalue weighted by molar-refractivity contribution is 7.13. The van der Waals surface area contributed by atoms with Crippen molar-refractivity contribution in [1.82, 2.24) is 0 Å². The Morgan fingerprint density at radius 3 is 2.47 bits per heavy atom. The molecule has 0 radical (unpaired) electrons. The third kappa shape index (κ3) is 5.36. The van der Waals surface area contributed by atoms with Crippen LogP contribution >= 0.6 is 11.3 Å². The van der Waals surface area contributed by atoms with Crippen molar-refractivity contribution in [2.75, 3.05) is 0 Å². The standard InChI is InChI=1S/C16H24S/c1-12(2)7-6-8-14(5)11-15-9-10-16(17-15)13(3)4/h7,9-11,13H,6,8H2,1-5H3/b14-11+. The van der Waals surface area contributed by atoms with Gasteiger partial charge in [0.25, 0.3) is 0 Å². The van der Waals surface area contributed by atoms with Crippen LogP contribution in [0.3, 0.4) is 0 Å². The normalized spacial score (nSPS) is 12.0. The first-order chi connectivity index (χ1) is 7.99. The van der Waals surface area contributed by atoms with Gasteiger partial charge in [-0.1, -0.05) is 31.1 Å². The average molecular weight is 248 g/mol. The van der Waals surface area contributed by atoms with E-state index >= 15 is 0 Å². The maximum atomic E-state index is 2.33. The van der Waals surface area contributed by atoms with Gasteiger partial charge < -0.3 is 0 Å². The molecule has 0 aliphatic heterocycles. The first kappa shape index (κ1) is 14.2. The third-order valence-corrected chi connectivity index (χ3v) is 4.03. The quantitative estimate of drug-likeness (QED) is 0.559. The van der Waals surface area contributed by atoms with Gasteiger partial charge in [0.15, 0.2) is 0 Å². The summed E-state index contributed by atoms with van der Waals surface area (Å²) in [6, 6.07) is 4.49. The molecule has 94 valence electrons. The van der Waals surface area contributed by atoms with Crippen LogP contribution in [0.4, 0.5) is 0 Å². The van der Waals surface area contributed by atoms with Gasteiger partial charge in [-0.05, 0) is 57.7 Å². The zero-order valence-electron chi connectivity index (χ0n) is 11.7.